The number of morpholine rings is 1. The van der Waals surface area contributed by atoms with Gasteiger partial charge in [0.15, 0.2) is 0 Å². The molecule has 2 amide bonds. The first kappa shape index (κ1) is 28.8. The van der Waals surface area contributed by atoms with Gasteiger partial charge in [-0.3, -0.25) is 19.4 Å². The van der Waals surface area contributed by atoms with E-state index < -0.39 is 28.5 Å². The Morgan fingerprint density at radius 2 is 1.77 bits per heavy atom. The Balaban J connectivity index is 1.57. The van der Waals surface area contributed by atoms with Crippen LogP contribution in [0.15, 0.2) is 42.5 Å². The van der Waals surface area contributed by atoms with Gasteiger partial charge in [-0.25, -0.2) is 0 Å². The molecule has 0 saturated carbocycles. The van der Waals surface area contributed by atoms with Crippen LogP contribution in [-0.4, -0.2) is 109 Å². The van der Waals surface area contributed by atoms with Crippen molar-refractivity contribution in [2.24, 2.45) is 0 Å². The van der Waals surface area contributed by atoms with Gasteiger partial charge >= 0.3 is 0 Å². The lowest BCUT2D eigenvalue weighted by Crippen LogP contribution is -2.79. The van der Waals surface area contributed by atoms with Crippen molar-refractivity contribution in [2.75, 3.05) is 38.7 Å². The molecule has 0 spiro atoms. The van der Waals surface area contributed by atoms with E-state index in [9.17, 15) is 29.7 Å². The summed E-state index contributed by atoms with van der Waals surface area (Å²) in [6.07, 6.45) is -0.325. The highest BCUT2D eigenvalue weighted by Crippen LogP contribution is 2.39. The molecule has 4 rings (SSSR count). The monoisotopic (exact) mass is 532 g/mol. The predicted octanol–water partition coefficient (Wildman–Crippen LogP) is -1.57. The van der Waals surface area contributed by atoms with Gasteiger partial charge < -0.3 is 35.5 Å². The van der Waals surface area contributed by atoms with Gasteiger partial charge in [-0.05, 0) is 23.3 Å². The van der Waals surface area contributed by atoms with Gasteiger partial charge in [-0.1, -0.05) is 30.3 Å². The Hall–Kier alpha value is -3.22. The number of carbonyl (C=O) groups is 3. The highest BCUT2D eigenvalue weighted by Gasteiger charge is 2.65. The summed E-state index contributed by atoms with van der Waals surface area (Å²) < 4.78 is 5.41. The quantitative estimate of drug-likeness (QED) is 0.181. The number of benzene rings is 2. The van der Waals surface area contributed by atoms with Crippen LogP contribution in [0.2, 0.25) is 0 Å². The molecule has 1 saturated heterocycles. The van der Waals surface area contributed by atoms with Crippen molar-refractivity contribution in [3.63, 3.8) is 0 Å². The summed E-state index contributed by atoms with van der Waals surface area (Å²) in [7, 11) is 12.2. The van der Waals surface area contributed by atoms with E-state index in [1.807, 2.05) is 12.1 Å². The van der Waals surface area contributed by atoms with E-state index in [2.05, 4.69) is 27.7 Å². The minimum atomic E-state index is -3.48. The van der Waals surface area contributed by atoms with Crippen LogP contribution in [0.5, 0.6) is 0 Å². The summed E-state index contributed by atoms with van der Waals surface area (Å²) in [5.41, 5.74) is -6.84. The van der Waals surface area contributed by atoms with Gasteiger partial charge in [0.1, 0.15) is 33.0 Å². The number of hydrogen-bond donors (Lipinski definition) is 5. The average Bonchev–Trinajstić information content (AvgIpc) is 3.28. The Morgan fingerprint density at radius 1 is 1.10 bits per heavy atom. The minimum absolute atomic E-state index is 0.130. The average molecular weight is 532 g/mol. The molecule has 0 aliphatic carbocycles. The van der Waals surface area contributed by atoms with Crippen molar-refractivity contribution in [3.8, 4) is 0 Å². The van der Waals surface area contributed by atoms with Crippen LogP contribution >= 0.6 is 0 Å². The summed E-state index contributed by atoms with van der Waals surface area (Å²) in [4.78, 5) is 40.4. The molecule has 3 atom stereocenters. The minimum Gasteiger partial charge on any atom is -0.392 e. The Bertz CT molecular complexity index is 1250. The number of aliphatic hydroxyl groups is 3. The van der Waals surface area contributed by atoms with E-state index in [1.54, 1.807) is 12.1 Å². The van der Waals surface area contributed by atoms with Crippen molar-refractivity contribution >= 4 is 39.5 Å². The van der Waals surface area contributed by atoms with Gasteiger partial charge in [0.25, 0.3) is 11.8 Å². The molecule has 5 N–H and O–H groups in total. The summed E-state index contributed by atoms with van der Waals surface area (Å²) in [5, 5.41) is 37.8. The standard InChI is InChI=1S/C26H30B2N4O7/c1-29-23(35)25(37,26(28,38)24(27,36)16-33)32-15-20-19(22(32)34)6-3-7-21(20)30-13-17-4-2-5-18(12-17)14-31-8-10-39-11-9-31/h2-7,12,16,30,36-38H,8-11,13-15H2,1H3,(H,29,35). The SMILES string of the molecule is [B]C(O)(C=O)C([B])(O)C(O)(C(=O)NC)N1Cc2c(NCc3cccc(CN4CCOCC4)c3)cccc2C1=O. The number of hydrogen-bond acceptors (Lipinski definition) is 9. The normalized spacial score (nSPS) is 20.3. The van der Waals surface area contributed by atoms with Gasteiger partial charge in [0, 0.05) is 50.0 Å². The number of likely N-dealkylation sites (N-methyl/N-ethyl adjacent to an activating group) is 1. The third kappa shape index (κ3) is 5.20. The number of fused-ring (bicyclic) bond motifs is 1. The Kier molecular flexibility index (Phi) is 8.20. The molecule has 1 fully saturated rings. The molecule has 4 radical (unpaired) electrons. The van der Waals surface area contributed by atoms with Crippen LogP contribution in [0, 0.1) is 0 Å². The van der Waals surface area contributed by atoms with E-state index in [0.29, 0.717) is 35.9 Å². The Morgan fingerprint density at radius 3 is 2.44 bits per heavy atom. The third-order valence-corrected chi connectivity index (χ3v) is 7.21. The second-order valence-corrected chi connectivity index (χ2v) is 9.75. The fraction of sp³-hybridized carbons (Fsp3) is 0.423. The molecule has 2 aromatic carbocycles. The maximum Gasteiger partial charge on any atom is 0.275 e. The van der Waals surface area contributed by atoms with Crippen LogP contribution < -0.4 is 10.6 Å². The Labute approximate surface area is 228 Å². The van der Waals surface area contributed by atoms with Gasteiger partial charge in [0.05, 0.1) is 19.8 Å². The molecule has 2 aromatic rings. The fourth-order valence-electron chi connectivity index (χ4n) is 4.86. The molecular formula is C26H30B2N4O7. The lowest BCUT2D eigenvalue weighted by atomic mass is 9.54. The first-order valence-corrected chi connectivity index (χ1v) is 12.4. The number of aldehydes is 1. The molecule has 2 aliphatic heterocycles. The lowest BCUT2D eigenvalue weighted by Gasteiger charge is -2.50. The molecule has 11 nitrogen and oxygen atoms in total. The predicted molar refractivity (Wildman–Crippen MR) is 143 cm³/mol. The van der Waals surface area contributed by atoms with Crippen molar-refractivity contribution in [3.05, 3.63) is 64.7 Å². The van der Waals surface area contributed by atoms with Crippen LogP contribution in [0.1, 0.15) is 27.0 Å². The van der Waals surface area contributed by atoms with Crippen molar-refractivity contribution < 1.29 is 34.4 Å². The zero-order valence-electron chi connectivity index (χ0n) is 21.6. The van der Waals surface area contributed by atoms with Gasteiger partial charge in [0.2, 0.25) is 5.72 Å². The number of carbonyl (C=O) groups excluding carboxylic acids is 3. The third-order valence-electron chi connectivity index (χ3n) is 7.21. The first-order chi connectivity index (χ1) is 18.5. The van der Waals surface area contributed by atoms with Crippen molar-refractivity contribution in [1.82, 2.24) is 15.1 Å². The second-order valence-electron chi connectivity index (χ2n) is 9.75. The van der Waals surface area contributed by atoms with Crippen LogP contribution in [-0.2, 0) is 34.0 Å². The van der Waals surface area contributed by atoms with Crippen LogP contribution in [0.3, 0.4) is 0 Å². The highest BCUT2D eigenvalue weighted by atomic mass is 16.5. The number of rotatable bonds is 10. The van der Waals surface area contributed by atoms with Gasteiger partial charge in [-0.15, -0.1) is 0 Å². The van der Waals surface area contributed by atoms with E-state index in [4.69, 9.17) is 20.4 Å². The molecular weight excluding hydrogens is 502 g/mol. The lowest BCUT2D eigenvalue weighted by molar-refractivity contribution is -0.219. The second kappa shape index (κ2) is 11.1. The molecule has 202 valence electrons. The maximum atomic E-state index is 13.4. The molecule has 0 bridgehead atoms. The van der Waals surface area contributed by atoms with E-state index in [1.165, 1.54) is 6.07 Å². The van der Waals surface area contributed by atoms with Crippen molar-refractivity contribution in [2.45, 2.75) is 36.4 Å². The number of anilines is 1. The van der Waals surface area contributed by atoms with Crippen LogP contribution in [0.25, 0.3) is 0 Å². The molecule has 2 aliphatic rings. The summed E-state index contributed by atoms with van der Waals surface area (Å²) in [6.45, 7) is 4.01. The zero-order chi connectivity index (χ0) is 28.4. The molecule has 0 aromatic heterocycles. The van der Waals surface area contributed by atoms with E-state index in [-0.39, 0.29) is 18.4 Å². The van der Waals surface area contributed by atoms with E-state index in [0.717, 1.165) is 37.8 Å². The van der Waals surface area contributed by atoms with Crippen molar-refractivity contribution in [1.29, 1.82) is 0 Å². The number of nitrogens with zero attached hydrogens (tertiary/aromatic N) is 2. The smallest absolute Gasteiger partial charge is 0.275 e. The molecule has 13 heteroatoms. The number of nitrogens with one attached hydrogen (secondary N) is 2. The molecule has 39 heavy (non-hydrogen) atoms. The van der Waals surface area contributed by atoms with E-state index >= 15 is 0 Å². The summed E-state index contributed by atoms with van der Waals surface area (Å²) in [6, 6.07) is 12.9. The largest absolute Gasteiger partial charge is 0.392 e. The summed E-state index contributed by atoms with van der Waals surface area (Å²) in [5.74, 6) is -2.22. The maximum absolute atomic E-state index is 13.4. The number of ether oxygens (including phenoxy) is 1. The topological polar surface area (TPSA) is 152 Å². The van der Waals surface area contributed by atoms with Gasteiger partial charge in [-0.2, -0.15) is 0 Å². The zero-order valence-corrected chi connectivity index (χ0v) is 21.6. The number of amides is 2. The molecule has 2 heterocycles. The fourth-order valence-corrected chi connectivity index (χ4v) is 4.86. The highest BCUT2D eigenvalue weighted by molar-refractivity contribution is 6.33. The van der Waals surface area contributed by atoms with Crippen LogP contribution in [0.4, 0.5) is 5.69 Å². The first-order valence-electron chi connectivity index (χ1n) is 12.4. The summed E-state index contributed by atoms with van der Waals surface area (Å²) >= 11 is 0. The molecule has 3 unspecified atom stereocenters.